The Labute approximate surface area is 166 Å². The third kappa shape index (κ3) is 4.28. The van der Waals surface area contributed by atoms with Crippen LogP contribution in [0.3, 0.4) is 0 Å². The fourth-order valence-corrected chi connectivity index (χ4v) is 4.17. The lowest BCUT2D eigenvalue weighted by Gasteiger charge is -2.26. The highest BCUT2D eigenvalue weighted by molar-refractivity contribution is 5.94. The van der Waals surface area contributed by atoms with E-state index in [-0.39, 0.29) is 5.91 Å². The summed E-state index contributed by atoms with van der Waals surface area (Å²) in [6.45, 7) is 7.08. The van der Waals surface area contributed by atoms with Gasteiger partial charge in [0.1, 0.15) is 0 Å². The van der Waals surface area contributed by atoms with Crippen LogP contribution in [-0.4, -0.2) is 50.2 Å². The average molecular weight is 383 g/mol. The SMILES string of the molecule is C[C@H](O)c1cc2n(n1)CCCN(C(=O)c1ccc(CN3CCCCC3)cc1)C2. The summed E-state index contributed by atoms with van der Waals surface area (Å²) >= 11 is 0. The molecule has 28 heavy (non-hydrogen) atoms. The molecule has 0 bridgehead atoms. The van der Waals surface area contributed by atoms with E-state index in [0.717, 1.165) is 37.3 Å². The number of hydrogen-bond donors (Lipinski definition) is 1. The maximum absolute atomic E-state index is 13.0. The van der Waals surface area contributed by atoms with E-state index < -0.39 is 6.10 Å². The molecular formula is C22H30N4O2. The van der Waals surface area contributed by atoms with Gasteiger partial charge in [0.25, 0.3) is 5.91 Å². The zero-order chi connectivity index (χ0) is 19.5. The van der Waals surface area contributed by atoms with Crippen LogP contribution in [0.2, 0.25) is 0 Å². The second-order valence-corrected chi connectivity index (χ2v) is 8.07. The summed E-state index contributed by atoms with van der Waals surface area (Å²) < 4.78 is 1.93. The minimum absolute atomic E-state index is 0.0674. The van der Waals surface area contributed by atoms with E-state index in [1.807, 2.05) is 27.8 Å². The molecule has 2 aromatic rings. The largest absolute Gasteiger partial charge is 0.387 e. The maximum Gasteiger partial charge on any atom is 0.254 e. The average Bonchev–Trinajstić information content (AvgIpc) is 3.01. The van der Waals surface area contributed by atoms with Gasteiger partial charge < -0.3 is 10.0 Å². The monoisotopic (exact) mass is 382 g/mol. The molecule has 1 aromatic carbocycles. The smallest absolute Gasteiger partial charge is 0.254 e. The van der Waals surface area contributed by atoms with E-state index in [4.69, 9.17) is 0 Å². The number of carbonyl (C=O) groups is 1. The molecule has 0 spiro atoms. The zero-order valence-corrected chi connectivity index (χ0v) is 16.7. The first-order chi connectivity index (χ1) is 13.6. The van der Waals surface area contributed by atoms with Gasteiger partial charge >= 0.3 is 0 Å². The van der Waals surface area contributed by atoms with Crippen LogP contribution < -0.4 is 0 Å². The number of aliphatic hydroxyl groups excluding tert-OH is 1. The molecule has 3 heterocycles. The van der Waals surface area contributed by atoms with Gasteiger partial charge in [-0.25, -0.2) is 0 Å². The summed E-state index contributed by atoms with van der Waals surface area (Å²) in [7, 11) is 0. The van der Waals surface area contributed by atoms with Crippen molar-refractivity contribution < 1.29 is 9.90 Å². The summed E-state index contributed by atoms with van der Waals surface area (Å²) in [6, 6.07) is 10.0. The molecule has 0 unspecified atom stereocenters. The lowest BCUT2D eigenvalue weighted by molar-refractivity contribution is 0.0745. The lowest BCUT2D eigenvalue weighted by atomic mass is 10.1. The van der Waals surface area contributed by atoms with E-state index in [1.165, 1.54) is 37.9 Å². The molecule has 1 aromatic heterocycles. The Morgan fingerprint density at radius 2 is 1.82 bits per heavy atom. The summed E-state index contributed by atoms with van der Waals surface area (Å²) in [5, 5.41) is 14.2. The second kappa shape index (κ2) is 8.45. The van der Waals surface area contributed by atoms with Crippen LogP contribution in [0.5, 0.6) is 0 Å². The molecule has 2 aliphatic rings. The van der Waals surface area contributed by atoms with Crippen molar-refractivity contribution in [1.82, 2.24) is 19.6 Å². The van der Waals surface area contributed by atoms with E-state index >= 15 is 0 Å². The number of aryl methyl sites for hydroxylation is 1. The number of fused-ring (bicyclic) bond motifs is 1. The standard InChI is InChI=1S/C22H30N4O2/c1-17(27)21-14-20-16-25(12-5-13-26(20)23-21)22(28)19-8-6-18(7-9-19)15-24-10-3-2-4-11-24/h6-9,14,17,27H,2-5,10-13,15-16H2,1H3/t17-/m0/s1. The highest BCUT2D eigenvalue weighted by Crippen LogP contribution is 2.20. The van der Waals surface area contributed by atoms with Crippen molar-refractivity contribution in [3.8, 4) is 0 Å². The van der Waals surface area contributed by atoms with E-state index in [1.54, 1.807) is 6.92 Å². The number of hydrogen-bond acceptors (Lipinski definition) is 4. The molecule has 2 aliphatic heterocycles. The zero-order valence-electron chi connectivity index (χ0n) is 16.7. The van der Waals surface area contributed by atoms with Crippen LogP contribution in [0.4, 0.5) is 0 Å². The predicted octanol–water partition coefficient (Wildman–Crippen LogP) is 2.97. The molecule has 0 radical (unpaired) electrons. The number of benzene rings is 1. The van der Waals surface area contributed by atoms with Crippen LogP contribution in [0.15, 0.2) is 30.3 Å². The first kappa shape index (κ1) is 19.2. The van der Waals surface area contributed by atoms with E-state index in [9.17, 15) is 9.90 Å². The lowest BCUT2D eigenvalue weighted by Crippen LogP contribution is -2.31. The Bertz CT molecular complexity index is 806. The Kier molecular flexibility index (Phi) is 5.78. The molecule has 1 atom stereocenters. The number of nitrogens with zero attached hydrogens (tertiary/aromatic N) is 4. The van der Waals surface area contributed by atoms with Crippen molar-refractivity contribution in [1.29, 1.82) is 0 Å². The third-order valence-corrected chi connectivity index (χ3v) is 5.80. The molecule has 6 heteroatoms. The molecule has 6 nitrogen and oxygen atoms in total. The van der Waals surface area contributed by atoms with Crippen molar-refractivity contribution in [3.63, 3.8) is 0 Å². The highest BCUT2D eigenvalue weighted by atomic mass is 16.3. The molecule has 1 fully saturated rings. The minimum atomic E-state index is -0.587. The van der Waals surface area contributed by atoms with E-state index in [0.29, 0.717) is 12.2 Å². The van der Waals surface area contributed by atoms with Crippen molar-refractivity contribution in [3.05, 3.63) is 52.8 Å². The van der Waals surface area contributed by atoms with Gasteiger partial charge in [0.05, 0.1) is 24.0 Å². The number of carbonyl (C=O) groups excluding carboxylic acids is 1. The highest BCUT2D eigenvalue weighted by Gasteiger charge is 2.22. The number of aromatic nitrogens is 2. The summed E-state index contributed by atoms with van der Waals surface area (Å²) in [5.41, 5.74) is 3.68. The molecule has 1 saturated heterocycles. The fourth-order valence-electron chi connectivity index (χ4n) is 4.17. The summed E-state index contributed by atoms with van der Waals surface area (Å²) in [4.78, 5) is 17.4. The fraction of sp³-hybridized carbons (Fsp3) is 0.545. The number of amides is 1. The normalized spacial score (nSPS) is 19.1. The molecule has 0 saturated carbocycles. The minimum Gasteiger partial charge on any atom is -0.387 e. The van der Waals surface area contributed by atoms with Crippen molar-refractivity contribution in [2.75, 3.05) is 19.6 Å². The Morgan fingerprint density at radius 1 is 1.07 bits per heavy atom. The number of rotatable bonds is 4. The van der Waals surface area contributed by atoms with Gasteiger partial charge in [-0.05, 0) is 63.0 Å². The third-order valence-electron chi connectivity index (χ3n) is 5.80. The topological polar surface area (TPSA) is 61.6 Å². The summed E-state index contributed by atoms with van der Waals surface area (Å²) in [5.74, 6) is 0.0674. The van der Waals surface area contributed by atoms with Gasteiger partial charge in [0.2, 0.25) is 0 Å². The quantitative estimate of drug-likeness (QED) is 0.883. The van der Waals surface area contributed by atoms with Crippen LogP contribution in [0, 0.1) is 0 Å². The van der Waals surface area contributed by atoms with Crippen LogP contribution in [-0.2, 0) is 19.6 Å². The van der Waals surface area contributed by atoms with Crippen molar-refractivity contribution in [2.24, 2.45) is 0 Å². The van der Waals surface area contributed by atoms with Crippen LogP contribution >= 0.6 is 0 Å². The molecule has 1 N–H and O–H groups in total. The molecule has 0 aliphatic carbocycles. The predicted molar refractivity (Wildman–Crippen MR) is 108 cm³/mol. The maximum atomic E-state index is 13.0. The van der Waals surface area contributed by atoms with Gasteiger partial charge in [-0.3, -0.25) is 14.4 Å². The first-order valence-electron chi connectivity index (χ1n) is 10.5. The van der Waals surface area contributed by atoms with Gasteiger partial charge in [0, 0.05) is 25.2 Å². The first-order valence-corrected chi connectivity index (χ1v) is 10.5. The number of likely N-dealkylation sites (tertiary alicyclic amines) is 1. The van der Waals surface area contributed by atoms with Gasteiger partial charge in [-0.15, -0.1) is 0 Å². The summed E-state index contributed by atoms with van der Waals surface area (Å²) in [6.07, 6.45) is 4.21. The Balaban J connectivity index is 1.43. The molecule has 150 valence electrons. The molecule has 4 rings (SSSR count). The van der Waals surface area contributed by atoms with Crippen molar-refractivity contribution in [2.45, 2.75) is 58.3 Å². The number of aliphatic hydroxyl groups is 1. The van der Waals surface area contributed by atoms with Crippen molar-refractivity contribution >= 4 is 5.91 Å². The van der Waals surface area contributed by atoms with Gasteiger partial charge in [-0.1, -0.05) is 18.6 Å². The van der Waals surface area contributed by atoms with Crippen LogP contribution in [0.25, 0.3) is 0 Å². The molecule has 1 amide bonds. The molecular weight excluding hydrogens is 352 g/mol. The second-order valence-electron chi connectivity index (χ2n) is 8.07. The Morgan fingerprint density at radius 3 is 2.54 bits per heavy atom. The van der Waals surface area contributed by atoms with E-state index in [2.05, 4.69) is 22.1 Å². The number of piperidine rings is 1. The Hall–Kier alpha value is -2.18. The van der Waals surface area contributed by atoms with Crippen LogP contribution in [0.1, 0.15) is 66.0 Å². The van der Waals surface area contributed by atoms with Gasteiger partial charge in [0.15, 0.2) is 0 Å². The van der Waals surface area contributed by atoms with Gasteiger partial charge in [-0.2, -0.15) is 5.10 Å².